The average molecular weight is 398 g/mol. The van der Waals surface area contributed by atoms with Crippen LogP contribution in [0, 0.1) is 13.8 Å². The fourth-order valence-electron chi connectivity index (χ4n) is 2.85. The van der Waals surface area contributed by atoms with Crippen molar-refractivity contribution >= 4 is 17.7 Å². The lowest BCUT2D eigenvalue weighted by molar-refractivity contribution is -0.116. The largest absolute Gasteiger partial charge is 0.496 e. The highest BCUT2D eigenvalue weighted by atomic mass is 16.5. The minimum absolute atomic E-state index is 0.104. The first-order valence-electron chi connectivity index (χ1n) is 9.91. The van der Waals surface area contributed by atoms with Crippen LogP contribution in [-0.4, -0.2) is 43.6 Å². The molecule has 3 N–H and O–H groups in total. The van der Waals surface area contributed by atoms with Crippen LogP contribution in [0.4, 0.5) is 5.82 Å². The fraction of sp³-hybridized carbons (Fsp3) is 0.409. The van der Waals surface area contributed by atoms with Gasteiger partial charge in [0.2, 0.25) is 5.91 Å². The van der Waals surface area contributed by atoms with Crippen LogP contribution in [0.5, 0.6) is 5.75 Å². The van der Waals surface area contributed by atoms with Gasteiger partial charge in [0.25, 0.3) is 0 Å². The molecule has 1 amide bonds. The van der Waals surface area contributed by atoms with Crippen molar-refractivity contribution in [2.24, 2.45) is 4.99 Å². The normalized spacial score (nSPS) is 11.1. The molecule has 0 saturated carbocycles. The lowest BCUT2D eigenvalue weighted by atomic mass is 10.1. The summed E-state index contributed by atoms with van der Waals surface area (Å²) in [6.45, 7) is 7.82. The first-order chi connectivity index (χ1) is 14.0. The molecule has 0 atom stereocenters. The molecule has 1 aromatic heterocycles. The summed E-state index contributed by atoms with van der Waals surface area (Å²) in [6, 6.07) is 11.7. The van der Waals surface area contributed by atoms with E-state index in [2.05, 4.69) is 38.9 Å². The molecule has 2 rings (SSSR count). The van der Waals surface area contributed by atoms with Crippen molar-refractivity contribution in [3.63, 3.8) is 0 Å². The van der Waals surface area contributed by atoms with Crippen LogP contribution in [0.1, 0.15) is 30.2 Å². The Morgan fingerprint density at radius 1 is 1.17 bits per heavy atom. The second-order valence-corrected chi connectivity index (χ2v) is 6.72. The van der Waals surface area contributed by atoms with E-state index in [1.54, 1.807) is 13.2 Å². The van der Waals surface area contributed by atoms with Gasteiger partial charge in [-0.2, -0.15) is 0 Å². The number of aliphatic imine (C=N–C) groups is 1. The Kier molecular flexibility index (Phi) is 8.95. The lowest BCUT2D eigenvalue weighted by Gasteiger charge is -2.13. The zero-order valence-electron chi connectivity index (χ0n) is 17.7. The molecule has 0 spiro atoms. The number of benzene rings is 1. The number of rotatable bonds is 9. The molecule has 0 aliphatic carbocycles. The lowest BCUT2D eigenvalue weighted by Crippen LogP contribution is -2.38. The maximum absolute atomic E-state index is 12.1. The highest BCUT2D eigenvalue weighted by Crippen LogP contribution is 2.19. The number of nitrogens with one attached hydrogen (secondary N) is 3. The van der Waals surface area contributed by atoms with Crippen LogP contribution in [0.3, 0.4) is 0 Å². The van der Waals surface area contributed by atoms with Crippen molar-refractivity contribution in [1.29, 1.82) is 0 Å². The van der Waals surface area contributed by atoms with Crippen molar-refractivity contribution in [1.82, 2.24) is 15.6 Å². The van der Waals surface area contributed by atoms with Crippen LogP contribution >= 0.6 is 0 Å². The van der Waals surface area contributed by atoms with E-state index in [9.17, 15) is 4.79 Å². The summed E-state index contributed by atoms with van der Waals surface area (Å²) in [5.74, 6) is 2.05. The number of nitrogens with zero attached hydrogens (tertiary/aromatic N) is 2. The molecule has 156 valence electrons. The van der Waals surface area contributed by atoms with E-state index in [4.69, 9.17) is 4.74 Å². The molecule has 1 aromatic carbocycles. The molecule has 2 aromatic rings. The predicted octanol–water partition coefficient (Wildman–Crippen LogP) is 2.83. The van der Waals surface area contributed by atoms with E-state index in [0.717, 1.165) is 30.0 Å². The van der Waals surface area contributed by atoms with Crippen LogP contribution in [0.25, 0.3) is 0 Å². The molecule has 7 heteroatoms. The second-order valence-electron chi connectivity index (χ2n) is 6.72. The Labute approximate surface area is 173 Å². The molecule has 0 unspecified atom stereocenters. The van der Waals surface area contributed by atoms with Crippen molar-refractivity contribution in [2.45, 2.75) is 33.6 Å². The zero-order valence-corrected chi connectivity index (χ0v) is 17.7. The third-order valence-corrected chi connectivity index (χ3v) is 4.23. The van der Waals surface area contributed by atoms with Gasteiger partial charge in [0, 0.05) is 25.2 Å². The molecule has 29 heavy (non-hydrogen) atoms. The summed E-state index contributed by atoms with van der Waals surface area (Å²) < 4.78 is 5.43. The molecular weight excluding hydrogens is 366 g/mol. The Bertz CT molecular complexity index is 836. The number of hydrogen-bond donors (Lipinski definition) is 3. The number of pyridine rings is 1. The maximum atomic E-state index is 12.1. The monoisotopic (exact) mass is 397 g/mol. The van der Waals surface area contributed by atoms with Crippen molar-refractivity contribution in [3.8, 4) is 5.75 Å². The summed E-state index contributed by atoms with van der Waals surface area (Å²) >= 11 is 0. The van der Waals surface area contributed by atoms with E-state index < -0.39 is 0 Å². The summed E-state index contributed by atoms with van der Waals surface area (Å²) in [7, 11) is 1.68. The number of guanidine groups is 1. The van der Waals surface area contributed by atoms with E-state index in [0.29, 0.717) is 24.9 Å². The Hall–Kier alpha value is -3.09. The van der Waals surface area contributed by atoms with Crippen LogP contribution in [-0.2, 0) is 11.2 Å². The van der Waals surface area contributed by atoms with Gasteiger partial charge in [-0.1, -0.05) is 23.8 Å². The smallest absolute Gasteiger partial charge is 0.227 e. The van der Waals surface area contributed by atoms with Crippen molar-refractivity contribution in [2.75, 3.05) is 32.1 Å². The van der Waals surface area contributed by atoms with Gasteiger partial charge in [-0.05, 0) is 51.0 Å². The van der Waals surface area contributed by atoms with Crippen LogP contribution < -0.4 is 20.7 Å². The van der Waals surface area contributed by atoms with E-state index in [-0.39, 0.29) is 12.3 Å². The molecular formula is C22H31N5O2. The van der Waals surface area contributed by atoms with Gasteiger partial charge < -0.3 is 20.7 Å². The van der Waals surface area contributed by atoms with E-state index in [1.807, 2.05) is 38.1 Å². The molecule has 0 saturated heterocycles. The Balaban J connectivity index is 1.83. The quantitative estimate of drug-likeness (QED) is 0.447. The molecule has 7 nitrogen and oxygen atoms in total. The second kappa shape index (κ2) is 11.7. The van der Waals surface area contributed by atoms with Crippen LogP contribution in [0.15, 0.2) is 41.4 Å². The fourth-order valence-corrected chi connectivity index (χ4v) is 2.85. The van der Waals surface area contributed by atoms with Gasteiger partial charge in [0.05, 0.1) is 13.7 Å². The average Bonchev–Trinajstić information content (AvgIpc) is 2.68. The first-order valence-corrected chi connectivity index (χ1v) is 9.91. The van der Waals surface area contributed by atoms with Crippen molar-refractivity contribution in [3.05, 3.63) is 53.2 Å². The number of aromatic nitrogens is 1. The van der Waals surface area contributed by atoms with Gasteiger partial charge in [0.1, 0.15) is 11.6 Å². The SMILES string of the molecule is CCNC(=NCCC(=O)Nc1cccc(C)n1)NCCc1cc(C)ccc1OC. The first kappa shape index (κ1) is 22.2. The minimum atomic E-state index is -0.104. The summed E-state index contributed by atoms with van der Waals surface area (Å²) in [5.41, 5.74) is 3.22. The van der Waals surface area contributed by atoms with Gasteiger partial charge >= 0.3 is 0 Å². The van der Waals surface area contributed by atoms with Crippen molar-refractivity contribution < 1.29 is 9.53 Å². The topological polar surface area (TPSA) is 87.6 Å². The van der Waals surface area contributed by atoms with E-state index in [1.165, 1.54) is 5.56 Å². The number of carbonyl (C=O) groups is 1. The molecule has 0 radical (unpaired) electrons. The van der Waals surface area contributed by atoms with Gasteiger partial charge in [-0.15, -0.1) is 0 Å². The van der Waals surface area contributed by atoms with E-state index >= 15 is 0 Å². The Morgan fingerprint density at radius 2 is 2.00 bits per heavy atom. The zero-order chi connectivity index (χ0) is 21.1. The highest BCUT2D eigenvalue weighted by Gasteiger charge is 2.06. The number of anilines is 1. The van der Waals surface area contributed by atoms with Gasteiger partial charge in [0.15, 0.2) is 5.96 Å². The number of aryl methyl sites for hydroxylation is 2. The predicted molar refractivity (Wildman–Crippen MR) is 118 cm³/mol. The highest BCUT2D eigenvalue weighted by molar-refractivity contribution is 5.90. The third kappa shape index (κ3) is 7.81. The number of ether oxygens (including phenoxy) is 1. The molecule has 0 aliphatic heterocycles. The van der Waals surface area contributed by atoms with Gasteiger partial charge in [-0.3, -0.25) is 9.79 Å². The third-order valence-electron chi connectivity index (χ3n) is 4.23. The summed E-state index contributed by atoms with van der Waals surface area (Å²) in [5, 5.41) is 9.31. The number of amides is 1. The number of carbonyl (C=O) groups excluding carboxylic acids is 1. The number of methoxy groups -OCH3 is 1. The Morgan fingerprint density at radius 3 is 2.72 bits per heavy atom. The summed E-state index contributed by atoms with van der Waals surface area (Å²) in [6.07, 6.45) is 1.10. The maximum Gasteiger partial charge on any atom is 0.227 e. The number of hydrogen-bond acceptors (Lipinski definition) is 4. The minimum Gasteiger partial charge on any atom is -0.496 e. The molecule has 1 heterocycles. The summed E-state index contributed by atoms with van der Waals surface area (Å²) in [4.78, 5) is 20.8. The standard InChI is InChI=1S/C22H31N5O2/c1-5-23-22(24-13-11-18-15-16(2)9-10-19(18)29-4)25-14-12-21(28)27-20-8-6-7-17(3)26-20/h6-10,15H,5,11-14H2,1-4H3,(H2,23,24,25)(H,26,27,28). The molecule has 0 fully saturated rings. The molecule has 0 bridgehead atoms. The van der Waals surface area contributed by atoms with Gasteiger partial charge in [-0.25, -0.2) is 4.98 Å². The molecule has 0 aliphatic rings. The van der Waals surface area contributed by atoms with Crippen LogP contribution in [0.2, 0.25) is 0 Å².